The van der Waals surface area contributed by atoms with E-state index in [9.17, 15) is 9.59 Å². The van der Waals surface area contributed by atoms with Crippen molar-refractivity contribution in [1.29, 1.82) is 0 Å². The van der Waals surface area contributed by atoms with Gasteiger partial charge in [-0.2, -0.15) is 0 Å². The van der Waals surface area contributed by atoms with Crippen molar-refractivity contribution in [2.45, 2.75) is 31.6 Å². The number of Topliss-reactive ketones (excluding diaryl/α,β-unsaturated/α-hetero) is 1. The molecule has 8 nitrogen and oxygen atoms in total. The van der Waals surface area contributed by atoms with Crippen LogP contribution in [0.3, 0.4) is 0 Å². The van der Waals surface area contributed by atoms with E-state index in [0.29, 0.717) is 58.4 Å². The van der Waals surface area contributed by atoms with Gasteiger partial charge in [0.15, 0.2) is 17.3 Å². The first kappa shape index (κ1) is 27.8. The maximum Gasteiger partial charge on any atom is 0.254 e. The van der Waals surface area contributed by atoms with Crippen molar-refractivity contribution in [3.8, 4) is 23.0 Å². The predicted molar refractivity (Wildman–Crippen MR) is 157 cm³/mol. The quantitative estimate of drug-likeness (QED) is 0.368. The molecular formula is C33H34N2O6. The minimum absolute atomic E-state index is 0.00514. The van der Waals surface area contributed by atoms with Crippen LogP contribution in [0.15, 0.2) is 89.3 Å². The van der Waals surface area contributed by atoms with Crippen LogP contribution in [0.25, 0.3) is 0 Å². The lowest BCUT2D eigenvalue weighted by molar-refractivity contribution is -0.116. The van der Waals surface area contributed by atoms with Gasteiger partial charge in [0.25, 0.3) is 5.91 Å². The van der Waals surface area contributed by atoms with Gasteiger partial charge in [-0.15, -0.1) is 0 Å². The van der Waals surface area contributed by atoms with Gasteiger partial charge in [-0.25, -0.2) is 0 Å². The van der Waals surface area contributed by atoms with Gasteiger partial charge in [-0.05, 0) is 66.8 Å². The Bertz CT molecular complexity index is 1540. The number of carbonyl (C=O) groups excluding carboxylic acids is 2. The predicted octanol–water partition coefficient (Wildman–Crippen LogP) is 5.72. The molecule has 5 rings (SSSR count). The van der Waals surface area contributed by atoms with E-state index in [2.05, 4.69) is 10.6 Å². The lowest BCUT2D eigenvalue weighted by Crippen LogP contribution is -2.37. The smallest absolute Gasteiger partial charge is 0.254 e. The Labute approximate surface area is 240 Å². The number of ether oxygens (including phenoxy) is 4. The standard InChI is InChI=1S/C33H34N2O6/c1-19-30(33(37)35-24-8-6-7-9-27(24)39-3)31(20-10-13-23(38-2)14-11-20)32-25(34-19)16-22(17-26(32)36)21-12-15-28(40-4)29(18-21)41-5/h6-15,18,22,31,34H,16-17H2,1-5H3,(H,35,37). The van der Waals surface area contributed by atoms with Crippen molar-refractivity contribution in [3.63, 3.8) is 0 Å². The minimum atomic E-state index is -0.550. The lowest BCUT2D eigenvalue weighted by atomic mass is 9.71. The van der Waals surface area contributed by atoms with Crippen molar-refractivity contribution in [2.24, 2.45) is 0 Å². The normalized spacial score (nSPS) is 18.3. The fraction of sp³-hybridized carbons (Fsp3) is 0.273. The molecule has 8 heteroatoms. The summed E-state index contributed by atoms with van der Waals surface area (Å²) in [6, 6.07) is 20.5. The number of methoxy groups -OCH3 is 4. The number of carbonyl (C=O) groups is 2. The third kappa shape index (κ3) is 5.37. The second kappa shape index (κ2) is 11.8. The Kier molecular flexibility index (Phi) is 8.01. The van der Waals surface area contributed by atoms with Gasteiger partial charge in [0, 0.05) is 34.9 Å². The zero-order chi connectivity index (χ0) is 29.1. The van der Waals surface area contributed by atoms with E-state index in [1.165, 1.54) is 0 Å². The number of allylic oxidation sites excluding steroid dienone is 3. The van der Waals surface area contributed by atoms with E-state index < -0.39 is 5.92 Å². The first-order chi connectivity index (χ1) is 19.9. The number of ketones is 1. The second-order valence-corrected chi connectivity index (χ2v) is 10.1. The van der Waals surface area contributed by atoms with E-state index in [1.807, 2.05) is 61.5 Å². The maximum atomic E-state index is 14.0. The van der Waals surface area contributed by atoms with Gasteiger partial charge in [-0.3, -0.25) is 9.59 Å². The fourth-order valence-electron chi connectivity index (χ4n) is 5.75. The molecular weight excluding hydrogens is 520 g/mol. The van der Waals surface area contributed by atoms with Crippen LogP contribution in [-0.2, 0) is 9.59 Å². The van der Waals surface area contributed by atoms with E-state index in [-0.39, 0.29) is 17.6 Å². The summed E-state index contributed by atoms with van der Waals surface area (Å²) in [5, 5.41) is 6.44. The van der Waals surface area contributed by atoms with E-state index in [0.717, 1.165) is 16.8 Å². The van der Waals surface area contributed by atoms with Gasteiger partial charge in [-0.1, -0.05) is 30.3 Å². The molecule has 41 heavy (non-hydrogen) atoms. The number of hydrogen-bond acceptors (Lipinski definition) is 7. The van der Waals surface area contributed by atoms with Crippen molar-refractivity contribution in [2.75, 3.05) is 33.8 Å². The number of anilines is 1. The Balaban J connectivity index is 1.55. The first-order valence-electron chi connectivity index (χ1n) is 13.4. The highest BCUT2D eigenvalue weighted by atomic mass is 16.5. The molecule has 0 radical (unpaired) electrons. The van der Waals surface area contributed by atoms with Crippen LogP contribution in [-0.4, -0.2) is 40.1 Å². The molecule has 0 spiro atoms. The Hall–Kier alpha value is -4.72. The van der Waals surface area contributed by atoms with Crippen molar-refractivity contribution >= 4 is 17.4 Å². The molecule has 0 saturated carbocycles. The molecule has 3 aromatic rings. The average molecular weight is 555 g/mol. The number of rotatable bonds is 8. The summed E-state index contributed by atoms with van der Waals surface area (Å²) < 4.78 is 21.7. The van der Waals surface area contributed by atoms with Gasteiger partial charge in [0.05, 0.1) is 34.1 Å². The first-order valence-corrected chi connectivity index (χ1v) is 13.4. The molecule has 3 aromatic carbocycles. The zero-order valence-electron chi connectivity index (χ0n) is 23.9. The number of nitrogens with one attached hydrogen (secondary N) is 2. The molecule has 1 aliphatic carbocycles. The molecule has 1 aliphatic heterocycles. The second-order valence-electron chi connectivity index (χ2n) is 10.1. The third-order valence-electron chi connectivity index (χ3n) is 7.76. The van der Waals surface area contributed by atoms with Crippen LogP contribution in [0, 0.1) is 0 Å². The summed E-state index contributed by atoms with van der Waals surface area (Å²) >= 11 is 0. The molecule has 0 aromatic heterocycles. The maximum absolute atomic E-state index is 14.0. The molecule has 2 unspecified atom stereocenters. The zero-order valence-corrected chi connectivity index (χ0v) is 23.9. The number of hydrogen-bond donors (Lipinski definition) is 2. The number of amides is 1. The molecule has 1 heterocycles. The van der Waals surface area contributed by atoms with Crippen LogP contribution in [0.2, 0.25) is 0 Å². The Morgan fingerprint density at radius 1 is 0.805 bits per heavy atom. The van der Waals surface area contributed by atoms with Gasteiger partial charge in [0.2, 0.25) is 0 Å². The van der Waals surface area contributed by atoms with Crippen LogP contribution in [0.1, 0.15) is 42.7 Å². The molecule has 0 saturated heterocycles. The van der Waals surface area contributed by atoms with Crippen LogP contribution in [0.5, 0.6) is 23.0 Å². The lowest BCUT2D eigenvalue weighted by Gasteiger charge is -2.37. The summed E-state index contributed by atoms with van der Waals surface area (Å²) in [4.78, 5) is 27.9. The van der Waals surface area contributed by atoms with E-state index in [4.69, 9.17) is 18.9 Å². The topological polar surface area (TPSA) is 95.1 Å². The Morgan fingerprint density at radius 3 is 2.17 bits per heavy atom. The van der Waals surface area contributed by atoms with Gasteiger partial charge < -0.3 is 29.6 Å². The van der Waals surface area contributed by atoms with Crippen molar-refractivity contribution < 1.29 is 28.5 Å². The molecule has 0 bridgehead atoms. The summed E-state index contributed by atoms with van der Waals surface area (Å²) in [5.41, 5.74) is 5.00. The fourth-order valence-corrected chi connectivity index (χ4v) is 5.75. The highest BCUT2D eigenvalue weighted by molar-refractivity contribution is 6.10. The molecule has 2 atom stereocenters. The molecule has 2 aliphatic rings. The van der Waals surface area contributed by atoms with Crippen LogP contribution < -0.4 is 29.6 Å². The SMILES string of the molecule is COc1ccc(C2C(C(=O)Nc3ccccc3OC)=C(C)NC3=C2C(=O)CC(c2ccc(OC)c(OC)c2)C3)cc1. The monoisotopic (exact) mass is 554 g/mol. The molecule has 2 N–H and O–H groups in total. The average Bonchev–Trinajstić information content (AvgIpc) is 3.00. The molecule has 212 valence electrons. The van der Waals surface area contributed by atoms with Gasteiger partial charge >= 0.3 is 0 Å². The summed E-state index contributed by atoms with van der Waals surface area (Å²) in [5.74, 6) is 1.59. The van der Waals surface area contributed by atoms with Crippen LogP contribution in [0.4, 0.5) is 5.69 Å². The summed E-state index contributed by atoms with van der Waals surface area (Å²) in [6.07, 6.45) is 0.922. The molecule has 1 amide bonds. The molecule has 0 fully saturated rings. The number of benzene rings is 3. The Morgan fingerprint density at radius 2 is 1.49 bits per heavy atom. The van der Waals surface area contributed by atoms with Gasteiger partial charge in [0.1, 0.15) is 11.5 Å². The highest BCUT2D eigenvalue weighted by Gasteiger charge is 2.41. The third-order valence-corrected chi connectivity index (χ3v) is 7.76. The van der Waals surface area contributed by atoms with E-state index in [1.54, 1.807) is 40.6 Å². The minimum Gasteiger partial charge on any atom is -0.497 e. The van der Waals surface area contributed by atoms with Crippen LogP contribution >= 0.6 is 0 Å². The van der Waals surface area contributed by atoms with E-state index >= 15 is 0 Å². The summed E-state index contributed by atoms with van der Waals surface area (Å²) in [6.45, 7) is 1.88. The van der Waals surface area contributed by atoms with Crippen molar-refractivity contribution in [1.82, 2.24) is 5.32 Å². The number of para-hydroxylation sites is 2. The largest absolute Gasteiger partial charge is 0.497 e. The number of dihydropyridines is 1. The summed E-state index contributed by atoms with van der Waals surface area (Å²) in [7, 11) is 6.36. The highest BCUT2D eigenvalue weighted by Crippen LogP contribution is 2.46. The van der Waals surface area contributed by atoms with Crippen molar-refractivity contribution in [3.05, 3.63) is 100 Å².